The molecule has 1 N–H and O–H groups in total. The van der Waals surface area contributed by atoms with E-state index in [2.05, 4.69) is 42.7 Å². The van der Waals surface area contributed by atoms with Crippen LogP contribution in [-0.2, 0) is 18.4 Å². The van der Waals surface area contributed by atoms with Crippen LogP contribution in [0.3, 0.4) is 0 Å². The van der Waals surface area contributed by atoms with Crippen LogP contribution in [0, 0.1) is 0 Å². The van der Waals surface area contributed by atoms with Crippen LogP contribution in [0.15, 0.2) is 110 Å². The van der Waals surface area contributed by atoms with Gasteiger partial charge in [-0.3, -0.25) is 4.57 Å². The van der Waals surface area contributed by atoms with E-state index < -0.39 is 6.04 Å². The Kier molecular flexibility index (Phi) is 6.88. The van der Waals surface area contributed by atoms with Gasteiger partial charge < -0.3 is 5.32 Å². The summed E-state index contributed by atoms with van der Waals surface area (Å²) in [6.45, 7) is 8.45. The van der Waals surface area contributed by atoms with Crippen molar-refractivity contribution in [3.05, 3.63) is 127 Å². The average molecular weight is 469 g/mol. The summed E-state index contributed by atoms with van der Waals surface area (Å²) in [7, 11) is 0. The number of nitrogens with zero attached hydrogens (tertiary/aromatic N) is 1. The Hall–Kier alpha value is -3.46. The molecule has 164 valence electrons. The molecule has 0 radical (unpaired) electrons. The normalized spacial score (nSPS) is 11.0. The number of rotatable bonds is 7. The first-order valence-electron chi connectivity index (χ1n) is 10.6. The van der Waals surface area contributed by atoms with Gasteiger partial charge in [-0.05, 0) is 22.2 Å². The highest BCUT2D eigenvalue weighted by Crippen LogP contribution is 2.45. The molecule has 0 saturated carbocycles. The van der Waals surface area contributed by atoms with E-state index in [9.17, 15) is 4.79 Å². The van der Waals surface area contributed by atoms with Crippen molar-refractivity contribution in [2.75, 3.05) is 0 Å². The lowest BCUT2D eigenvalue weighted by atomic mass is 10.2. The fourth-order valence-electron chi connectivity index (χ4n) is 3.92. The van der Waals surface area contributed by atoms with E-state index in [-0.39, 0.29) is 6.03 Å². The zero-order valence-corrected chi connectivity index (χ0v) is 19.9. The van der Waals surface area contributed by atoms with E-state index in [1.165, 1.54) is 0 Å². The molecule has 0 bridgehead atoms. The van der Waals surface area contributed by atoms with Crippen LogP contribution in [0.5, 0.6) is 0 Å². The van der Waals surface area contributed by atoms with E-state index in [0.29, 0.717) is 12.2 Å². The average Bonchev–Trinajstić information content (AvgIpc) is 3.27. The molecule has 3 aromatic carbocycles. The van der Waals surface area contributed by atoms with Crippen LogP contribution in [0.25, 0.3) is 12.2 Å². The number of aromatic nitrogens is 1. The van der Waals surface area contributed by atoms with Crippen molar-refractivity contribution in [3.63, 3.8) is 0 Å². The molecule has 0 spiro atoms. The molecular weight excluding hydrogens is 443 g/mol. The molecular formula is C28H25N2OPS. The standard InChI is InChI=1S/C28H25N2OPS/c1-3-25-26(4-2)30(28(31)29-20-22-14-8-5-9-15-22)21-27(25)32(33,23-16-10-6-11-17-23)24-18-12-7-13-19-24/h3-19,21H,1-2,20H2,(H,29,31). The Morgan fingerprint density at radius 3 is 1.85 bits per heavy atom. The number of carbonyl (C=O) groups is 1. The summed E-state index contributed by atoms with van der Waals surface area (Å²) >= 11 is 6.49. The van der Waals surface area contributed by atoms with E-state index in [1.54, 1.807) is 16.7 Å². The van der Waals surface area contributed by atoms with Crippen molar-refractivity contribution >= 4 is 51.9 Å². The van der Waals surface area contributed by atoms with Crippen LogP contribution in [0.4, 0.5) is 4.79 Å². The van der Waals surface area contributed by atoms with Gasteiger partial charge in [-0.1, -0.05) is 122 Å². The van der Waals surface area contributed by atoms with Gasteiger partial charge in [0.05, 0.1) is 5.69 Å². The Labute approximate surface area is 200 Å². The third kappa shape index (κ3) is 4.41. The van der Waals surface area contributed by atoms with Gasteiger partial charge in [-0.2, -0.15) is 0 Å². The van der Waals surface area contributed by atoms with Crippen molar-refractivity contribution < 1.29 is 4.79 Å². The van der Waals surface area contributed by atoms with Crippen LogP contribution in [0.1, 0.15) is 16.8 Å². The Balaban J connectivity index is 1.85. The lowest BCUT2D eigenvalue weighted by molar-refractivity contribution is 0.242. The second-order valence-electron chi connectivity index (χ2n) is 7.52. The van der Waals surface area contributed by atoms with Crippen LogP contribution in [-0.4, -0.2) is 10.6 Å². The van der Waals surface area contributed by atoms with Gasteiger partial charge >= 0.3 is 6.03 Å². The minimum atomic E-state index is -2.45. The first-order valence-corrected chi connectivity index (χ1v) is 13.4. The lowest BCUT2D eigenvalue weighted by Crippen LogP contribution is -2.29. The second-order valence-corrected chi connectivity index (χ2v) is 11.9. The maximum absolute atomic E-state index is 13.2. The van der Waals surface area contributed by atoms with Crippen molar-refractivity contribution in [1.29, 1.82) is 0 Å². The number of benzene rings is 3. The number of amides is 1. The van der Waals surface area contributed by atoms with Gasteiger partial charge in [0, 0.05) is 29.6 Å². The summed E-state index contributed by atoms with van der Waals surface area (Å²) in [5.74, 6) is 0. The van der Waals surface area contributed by atoms with Crippen LogP contribution in [0.2, 0.25) is 0 Å². The first kappa shape index (κ1) is 22.7. The topological polar surface area (TPSA) is 34.0 Å². The van der Waals surface area contributed by atoms with Gasteiger partial charge in [0.1, 0.15) is 0 Å². The quantitative estimate of drug-likeness (QED) is 0.374. The predicted octanol–water partition coefficient (Wildman–Crippen LogP) is 5.29. The summed E-state index contributed by atoms with van der Waals surface area (Å²) in [4.78, 5) is 13.2. The Morgan fingerprint density at radius 2 is 1.36 bits per heavy atom. The van der Waals surface area contributed by atoms with Crippen molar-refractivity contribution in [1.82, 2.24) is 9.88 Å². The summed E-state index contributed by atoms with van der Waals surface area (Å²) in [5, 5.41) is 6.06. The maximum Gasteiger partial charge on any atom is 0.326 e. The molecule has 4 aromatic rings. The van der Waals surface area contributed by atoms with Crippen molar-refractivity contribution in [2.24, 2.45) is 0 Å². The minimum Gasteiger partial charge on any atom is -0.333 e. The molecule has 4 rings (SSSR count). The Bertz CT molecular complexity index is 1290. The fourth-order valence-corrected chi connectivity index (χ4v) is 7.95. The molecule has 0 atom stereocenters. The molecule has 3 nitrogen and oxygen atoms in total. The number of hydrogen-bond donors (Lipinski definition) is 1. The number of carbonyl (C=O) groups excluding carboxylic acids is 1. The highest BCUT2D eigenvalue weighted by atomic mass is 32.4. The fraction of sp³-hybridized carbons (Fsp3) is 0.0357. The first-order chi connectivity index (χ1) is 16.1. The largest absolute Gasteiger partial charge is 0.333 e. The van der Waals surface area contributed by atoms with E-state index in [4.69, 9.17) is 11.8 Å². The molecule has 0 saturated heterocycles. The summed E-state index contributed by atoms with van der Waals surface area (Å²) in [6, 6.07) is 27.4. The molecule has 0 unspecified atom stereocenters. The second kappa shape index (κ2) is 9.99. The van der Waals surface area contributed by atoms with E-state index in [1.807, 2.05) is 72.9 Å². The van der Waals surface area contributed by atoms with Gasteiger partial charge in [0.2, 0.25) is 0 Å². The molecule has 1 aromatic heterocycles. The van der Waals surface area contributed by atoms with E-state index in [0.717, 1.165) is 27.0 Å². The highest BCUT2D eigenvalue weighted by molar-refractivity contribution is 8.25. The zero-order chi connectivity index (χ0) is 23.3. The third-order valence-electron chi connectivity index (χ3n) is 5.54. The van der Waals surface area contributed by atoms with Gasteiger partial charge in [-0.15, -0.1) is 0 Å². The zero-order valence-electron chi connectivity index (χ0n) is 18.2. The summed E-state index contributed by atoms with van der Waals surface area (Å²) in [6.07, 6.45) is 5.34. The molecule has 0 aliphatic heterocycles. The monoisotopic (exact) mass is 468 g/mol. The molecule has 1 amide bonds. The molecule has 5 heteroatoms. The molecule has 0 aliphatic carbocycles. The highest BCUT2D eigenvalue weighted by Gasteiger charge is 2.30. The molecule has 0 fully saturated rings. The van der Waals surface area contributed by atoms with Gasteiger partial charge in [0.25, 0.3) is 0 Å². The Morgan fingerprint density at radius 1 is 0.848 bits per heavy atom. The molecule has 33 heavy (non-hydrogen) atoms. The predicted molar refractivity (Wildman–Crippen MR) is 145 cm³/mol. The van der Waals surface area contributed by atoms with Crippen LogP contribution < -0.4 is 21.2 Å². The number of hydrogen-bond acceptors (Lipinski definition) is 2. The SMILES string of the molecule is C=Cc1c(P(=S)(c2ccccc2)c2ccccc2)cn(C(=O)NCc2ccccc2)c1C=C. The van der Waals surface area contributed by atoms with Crippen molar-refractivity contribution in [2.45, 2.75) is 6.54 Å². The van der Waals surface area contributed by atoms with E-state index >= 15 is 0 Å². The lowest BCUT2D eigenvalue weighted by Gasteiger charge is -2.23. The molecule has 0 aliphatic rings. The van der Waals surface area contributed by atoms with Gasteiger partial charge in [0.15, 0.2) is 0 Å². The van der Waals surface area contributed by atoms with Crippen LogP contribution >= 0.6 is 6.04 Å². The maximum atomic E-state index is 13.2. The minimum absolute atomic E-state index is 0.231. The number of nitrogens with one attached hydrogen (secondary N) is 1. The summed E-state index contributed by atoms with van der Waals surface area (Å²) < 4.78 is 1.61. The molecule has 1 heterocycles. The van der Waals surface area contributed by atoms with Crippen molar-refractivity contribution in [3.8, 4) is 0 Å². The third-order valence-corrected chi connectivity index (χ3v) is 10.5. The van der Waals surface area contributed by atoms with Gasteiger partial charge in [-0.25, -0.2) is 4.79 Å². The summed E-state index contributed by atoms with van der Waals surface area (Å²) in [5.41, 5.74) is 2.56. The smallest absolute Gasteiger partial charge is 0.326 e.